The molecule has 0 spiro atoms. The van der Waals surface area contributed by atoms with Crippen LogP contribution in [-0.4, -0.2) is 52.7 Å². The molecular formula is C25H31FN4O5. The maximum atomic E-state index is 14.5. The van der Waals surface area contributed by atoms with Gasteiger partial charge in [0.15, 0.2) is 23.1 Å². The molecule has 9 nitrogen and oxygen atoms in total. The summed E-state index contributed by atoms with van der Waals surface area (Å²) in [6, 6.07) is 3.09. The fourth-order valence-electron chi connectivity index (χ4n) is 4.34. The highest BCUT2D eigenvalue weighted by Gasteiger charge is 2.34. The van der Waals surface area contributed by atoms with E-state index in [-0.39, 0.29) is 29.5 Å². The number of aliphatic hydroxyl groups is 1. The summed E-state index contributed by atoms with van der Waals surface area (Å²) in [7, 11) is 1.54. The van der Waals surface area contributed by atoms with Crippen molar-refractivity contribution in [1.82, 2.24) is 14.9 Å². The predicted molar refractivity (Wildman–Crippen MR) is 129 cm³/mol. The number of halogens is 1. The van der Waals surface area contributed by atoms with E-state index >= 15 is 0 Å². The second-order valence-electron chi connectivity index (χ2n) is 8.96. The maximum absolute atomic E-state index is 14.5. The van der Waals surface area contributed by atoms with Crippen molar-refractivity contribution in [2.75, 3.05) is 26.4 Å². The minimum atomic E-state index is -1.10. The van der Waals surface area contributed by atoms with Crippen LogP contribution in [0.15, 0.2) is 59.1 Å². The summed E-state index contributed by atoms with van der Waals surface area (Å²) in [4.78, 5) is 16.0. The van der Waals surface area contributed by atoms with Crippen LogP contribution >= 0.6 is 0 Å². The summed E-state index contributed by atoms with van der Waals surface area (Å²) in [5.41, 5.74) is 5.71. The number of nitrogens with two attached hydrogens (primary N) is 1. The van der Waals surface area contributed by atoms with Gasteiger partial charge in [0, 0.05) is 31.9 Å². The number of rotatable bonds is 7. The van der Waals surface area contributed by atoms with Gasteiger partial charge in [0.25, 0.3) is 5.56 Å². The number of aryl methyl sites for hydroxylation is 1. The minimum Gasteiger partial charge on any atom is -0.486 e. The standard InChI is InChI=1S/C25H31FN4O5/c1-16(11-20-21(12-27)34-10-9-33-20)13-28-17-5-7-25(32,8-6-17)15-35-24-18(26)14-29-19-3-4-22(31)30(2)23(19)24/h3-4,11-12,14,17,28,32H,1,5-10,13,15,27H2,2H3/b20-11+,21-12+/t17-,25+. The molecule has 1 saturated heterocycles. The zero-order valence-corrected chi connectivity index (χ0v) is 19.8. The van der Waals surface area contributed by atoms with Crippen LogP contribution in [0.25, 0.3) is 11.0 Å². The fraction of sp³-hybridized carbons (Fsp3) is 0.440. The molecule has 10 heteroatoms. The number of nitrogens with zero attached hydrogens (tertiary/aromatic N) is 2. The Morgan fingerprint density at radius 3 is 2.80 bits per heavy atom. The van der Waals surface area contributed by atoms with Crippen LogP contribution in [0.4, 0.5) is 4.39 Å². The monoisotopic (exact) mass is 486 g/mol. The highest BCUT2D eigenvalue weighted by atomic mass is 19.1. The lowest BCUT2D eigenvalue weighted by Crippen LogP contribution is -2.45. The number of fused-ring (bicyclic) bond motifs is 1. The molecule has 0 atom stereocenters. The summed E-state index contributed by atoms with van der Waals surface area (Å²) in [5.74, 6) is 0.311. The quantitative estimate of drug-likeness (QED) is 0.544. The van der Waals surface area contributed by atoms with E-state index in [1.165, 1.54) is 29.9 Å². The van der Waals surface area contributed by atoms with E-state index in [2.05, 4.69) is 16.9 Å². The Hall–Kier alpha value is -3.37. The zero-order chi connectivity index (χ0) is 25.0. The molecule has 0 unspecified atom stereocenters. The third-order valence-corrected chi connectivity index (χ3v) is 6.39. The first-order valence-electron chi connectivity index (χ1n) is 11.6. The summed E-state index contributed by atoms with van der Waals surface area (Å²) >= 11 is 0. The molecule has 3 heterocycles. The number of pyridine rings is 2. The van der Waals surface area contributed by atoms with Gasteiger partial charge in [0.2, 0.25) is 0 Å². The van der Waals surface area contributed by atoms with E-state index in [0.29, 0.717) is 49.6 Å². The van der Waals surface area contributed by atoms with Crippen LogP contribution in [0.5, 0.6) is 5.75 Å². The van der Waals surface area contributed by atoms with Crippen LogP contribution in [0.1, 0.15) is 25.7 Å². The number of hydrogen-bond donors (Lipinski definition) is 3. The molecule has 1 saturated carbocycles. The smallest absolute Gasteiger partial charge is 0.250 e. The second-order valence-corrected chi connectivity index (χ2v) is 8.96. The van der Waals surface area contributed by atoms with Crippen molar-refractivity contribution in [1.29, 1.82) is 0 Å². The maximum Gasteiger partial charge on any atom is 0.250 e. The van der Waals surface area contributed by atoms with Gasteiger partial charge in [-0.15, -0.1) is 0 Å². The normalized spacial score (nSPS) is 24.8. The molecule has 4 N–H and O–H groups in total. The molecule has 35 heavy (non-hydrogen) atoms. The summed E-state index contributed by atoms with van der Waals surface area (Å²) in [6.07, 6.45) is 6.64. The van der Waals surface area contributed by atoms with Crippen molar-refractivity contribution >= 4 is 11.0 Å². The number of ether oxygens (including phenoxy) is 3. The Balaban J connectivity index is 1.32. The first-order valence-corrected chi connectivity index (χ1v) is 11.6. The Morgan fingerprint density at radius 1 is 1.37 bits per heavy atom. The number of hydrogen-bond acceptors (Lipinski definition) is 8. The van der Waals surface area contributed by atoms with Crippen LogP contribution in [0.2, 0.25) is 0 Å². The molecule has 188 valence electrons. The Morgan fingerprint density at radius 2 is 2.09 bits per heavy atom. The molecule has 1 aliphatic carbocycles. The van der Waals surface area contributed by atoms with Gasteiger partial charge in [-0.3, -0.25) is 9.78 Å². The summed E-state index contributed by atoms with van der Waals surface area (Å²) in [6.45, 7) is 5.45. The Kier molecular flexibility index (Phi) is 7.42. The largest absolute Gasteiger partial charge is 0.486 e. The van der Waals surface area contributed by atoms with E-state index < -0.39 is 11.4 Å². The lowest BCUT2D eigenvalue weighted by molar-refractivity contribution is -0.0398. The van der Waals surface area contributed by atoms with E-state index in [9.17, 15) is 14.3 Å². The highest BCUT2D eigenvalue weighted by Crippen LogP contribution is 2.32. The molecule has 0 bridgehead atoms. The molecule has 0 aromatic carbocycles. The average Bonchev–Trinajstić information content (AvgIpc) is 2.86. The molecule has 2 fully saturated rings. The van der Waals surface area contributed by atoms with E-state index in [0.717, 1.165) is 24.6 Å². The van der Waals surface area contributed by atoms with Gasteiger partial charge in [-0.05, 0) is 43.4 Å². The van der Waals surface area contributed by atoms with Crippen molar-refractivity contribution in [3.8, 4) is 5.75 Å². The molecule has 2 aromatic rings. The van der Waals surface area contributed by atoms with Gasteiger partial charge in [-0.1, -0.05) is 6.58 Å². The van der Waals surface area contributed by atoms with Crippen LogP contribution < -0.4 is 21.3 Å². The highest BCUT2D eigenvalue weighted by molar-refractivity contribution is 5.81. The molecule has 2 aliphatic rings. The van der Waals surface area contributed by atoms with Gasteiger partial charge in [0.1, 0.15) is 25.3 Å². The third-order valence-electron chi connectivity index (χ3n) is 6.39. The number of nitrogens with one attached hydrogen (secondary N) is 1. The molecule has 0 amide bonds. The lowest BCUT2D eigenvalue weighted by Gasteiger charge is -2.36. The van der Waals surface area contributed by atoms with Gasteiger partial charge in [0.05, 0.1) is 17.3 Å². The van der Waals surface area contributed by atoms with Gasteiger partial charge >= 0.3 is 0 Å². The third kappa shape index (κ3) is 5.66. The second kappa shape index (κ2) is 10.5. The first kappa shape index (κ1) is 24.7. The average molecular weight is 487 g/mol. The van der Waals surface area contributed by atoms with Gasteiger partial charge in [-0.2, -0.15) is 0 Å². The van der Waals surface area contributed by atoms with Crippen LogP contribution in [-0.2, 0) is 16.5 Å². The predicted octanol–water partition coefficient (Wildman–Crippen LogP) is 2.00. The number of aromatic nitrogens is 2. The Labute approximate surface area is 202 Å². The summed E-state index contributed by atoms with van der Waals surface area (Å²) in [5, 5.41) is 14.5. The fourth-order valence-corrected chi connectivity index (χ4v) is 4.34. The molecule has 0 radical (unpaired) electrons. The molecular weight excluding hydrogens is 455 g/mol. The van der Waals surface area contributed by atoms with Gasteiger partial charge in [-0.25, -0.2) is 4.39 Å². The van der Waals surface area contributed by atoms with E-state index in [1.54, 1.807) is 6.08 Å². The lowest BCUT2D eigenvalue weighted by atomic mass is 9.82. The van der Waals surface area contributed by atoms with Crippen molar-refractivity contribution in [2.24, 2.45) is 12.8 Å². The molecule has 2 aromatic heterocycles. The van der Waals surface area contributed by atoms with Crippen molar-refractivity contribution < 1.29 is 23.7 Å². The van der Waals surface area contributed by atoms with Crippen LogP contribution in [0.3, 0.4) is 0 Å². The SMILES string of the molecule is C=C(/C=C1/OCCO/C1=C/N)CN[C@H]1CC[C@](O)(COc2c(F)cnc3ccc(=O)n(C)c23)CC1. The van der Waals surface area contributed by atoms with Crippen LogP contribution in [0, 0.1) is 5.82 Å². The van der Waals surface area contributed by atoms with Crippen molar-refractivity contribution in [3.05, 3.63) is 70.4 Å². The minimum absolute atomic E-state index is 0.0759. The summed E-state index contributed by atoms with van der Waals surface area (Å²) < 4.78 is 32.6. The topological polar surface area (TPSA) is 121 Å². The van der Waals surface area contributed by atoms with Crippen molar-refractivity contribution in [2.45, 2.75) is 37.3 Å². The van der Waals surface area contributed by atoms with E-state index in [1.807, 2.05) is 0 Å². The zero-order valence-electron chi connectivity index (χ0n) is 19.8. The first-order chi connectivity index (χ1) is 16.8. The molecule has 4 rings (SSSR count). The van der Waals surface area contributed by atoms with Crippen molar-refractivity contribution in [3.63, 3.8) is 0 Å². The Bertz CT molecular complexity index is 1210. The van der Waals surface area contributed by atoms with E-state index in [4.69, 9.17) is 19.9 Å². The molecule has 1 aliphatic heterocycles. The van der Waals surface area contributed by atoms with Gasteiger partial charge < -0.3 is 34.9 Å².